The van der Waals surface area contributed by atoms with Crippen LogP contribution >= 0.6 is 0 Å². The summed E-state index contributed by atoms with van der Waals surface area (Å²) in [5.41, 5.74) is -0.212. The zero-order chi connectivity index (χ0) is 17.1. The molecule has 1 atom stereocenters. The SMILES string of the molecule is CCCCC[C@](C)(OC)C(=O)Nc1ccc(OCCOC)nc1. The monoisotopic (exact) mass is 324 g/mol. The summed E-state index contributed by atoms with van der Waals surface area (Å²) in [5, 5.41) is 2.85. The van der Waals surface area contributed by atoms with Gasteiger partial charge in [-0.3, -0.25) is 4.79 Å². The van der Waals surface area contributed by atoms with E-state index >= 15 is 0 Å². The fourth-order valence-electron chi connectivity index (χ4n) is 2.05. The first-order valence-electron chi connectivity index (χ1n) is 8.00. The average molecular weight is 324 g/mol. The molecule has 1 heterocycles. The van der Waals surface area contributed by atoms with E-state index in [0.717, 1.165) is 19.3 Å². The molecular weight excluding hydrogens is 296 g/mol. The molecule has 23 heavy (non-hydrogen) atoms. The van der Waals surface area contributed by atoms with Gasteiger partial charge in [0.05, 0.1) is 18.5 Å². The van der Waals surface area contributed by atoms with Gasteiger partial charge in [0.25, 0.3) is 5.91 Å². The van der Waals surface area contributed by atoms with E-state index < -0.39 is 5.60 Å². The minimum Gasteiger partial charge on any atom is -0.475 e. The van der Waals surface area contributed by atoms with E-state index in [-0.39, 0.29) is 5.91 Å². The van der Waals surface area contributed by atoms with Crippen LogP contribution in [0.2, 0.25) is 0 Å². The van der Waals surface area contributed by atoms with Gasteiger partial charge in [-0.05, 0) is 19.4 Å². The number of anilines is 1. The van der Waals surface area contributed by atoms with Gasteiger partial charge in [-0.25, -0.2) is 4.98 Å². The van der Waals surface area contributed by atoms with Crippen LogP contribution in [0.15, 0.2) is 18.3 Å². The summed E-state index contributed by atoms with van der Waals surface area (Å²) in [6.07, 6.45) is 5.41. The zero-order valence-electron chi connectivity index (χ0n) is 14.6. The smallest absolute Gasteiger partial charge is 0.256 e. The Kier molecular flexibility index (Phi) is 8.58. The maximum Gasteiger partial charge on any atom is 0.256 e. The normalized spacial score (nSPS) is 13.4. The molecule has 0 aromatic carbocycles. The predicted molar refractivity (Wildman–Crippen MR) is 89.8 cm³/mol. The van der Waals surface area contributed by atoms with Crippen LogP contribution in [0.5, 0.6) is 5.88 Å². The lowest BCUT2D eigenvalue weighted by molar-refractivity contribution is -0.136. The number of carbonyl (C=O) groups excluding carboxylic acids is 1. The molecule has 0 radical (unpaired) electrons. The number of unbranched alkanes of at least 4 members (excludes halogenated alkanes) is 2. The van der Waals surface area contributed by atoms with E-state index in [9.17, 15) is 4.79 Å². The van der Waals surface area contributed by atoms with Crippen molar-refractivity contribution in [3.05, 3.63) is 18.3 Å². The van der Waals surface area contributed by atoms with Gasteiger partial charge in [0.2, 0.25) is 5.88 Å². The molecule has 0 saturated carbocycles. The molecule has 0 saturated heterocycles. The number of amides is 1. The number of carbonyl (C=O) groups is 1. The number of hydrogen-bond donors (Lipinski definition) is 1. The maximum absolute atomic E-state index is 12.4. The van der Waals surface area contributed by atoms with E-state index in [4.69, 9.17) is 14.2 Å². The topological polar surface area (TPSA) is 69.7 Å². The summed E-state index contributed by atoms with van der Waals surface area (Å²) < 4.78 is 15.7. The number of nitrogens with zero attached hydrogens (tertiary/aromatic N) is 1. The number of aromatic nitrogens is 1. The van der Waals surface area contributed by atoms with E-state index in [0.29, 0.717) is 31.2 Å². The molecule has 0 aliphatic carbocycles. The number of nitrogens with one attached hydrogen (secondary N) is 1. The molecule has 0 spiro atoms. The number of ether oxygens (including phenoxy) is 3. The van der Waals surface area contributed by atoms with Crippen molar-refractivity contribution in [2.45, 2.75) is 45.1 Å². The Balaban J connectivity index is 2.57. The van der Waals surface area contributed by atoms with Crippen molar-refractivity contribution in [2.24, 2.45) is 0 Å². The van der Waals surface area contributed by atoms with Gasteiger partial charge < -0.3 is 19.5 Å². The Morgan fingerprint density at radius 2 is 2.04 bits per heavy atom. The van der Waals surface area contributed by atoms with Crippen LogP contribution in [-0.4, -0.2) is 43.9 Å². The lowest BCUT2D eigenvalue weighted by atomic mass is 9.97. The Hall–Kier alpha value is -1.66. The molecule has 1 amide bonds. The van der Waals surface area contributed by atoms with Crippen molar-refractivity contribution in [1.82, 2.24) is 4.98 Å². The van der Waals surface area contributed by atoms with Gasteiger partial charge in [0.15, 0.2) is 0 Å². The lowest BCUT2D eigenvalue weighted by Gasteiger charge is -2.26. The van der Waals surface area contributed by atoms with E-state index in [2.05, 4.69) is 17.2 Å². The molecule has 0 unspecified atom stereocenters. The predicted octanol–water partition coefficient (Wildman–Crippen LogP) is 3.03. The first kappa shape index (κ1) is 19.4. The Bertz CT molecular complexity index is 464. The zero-order valence-corrected chi connectivity index (χ0v) is 14.6. The van der Waals surface area contributed by atoms with Crippen molar-refractivity contribution < 1.29 is 19.0 Å². The second kappa shape index (κ2) is 10.2. The van der Waals surface area contributed by atoms with Gasteiger partial charge in [0.1, 0.15) is 12.2 Å². The molecule has 0 bridgehead atoms. The fraction of sp³-hybridized carbons (Fsp3) is 0.647. The minimum absolute atomic E-state index is 0.161. The molecule has 0 fully saturated rings. The summed E-state index contributed by atoms with van der Waals surface area (Å²) in [7, 11) is 3.18. The molecule has 130 valence electrons. The third-order valence-electron chi connectivity index (χ3n) is 3.72. The number of hydrogen-bond acceptors (Lipinski definition) is 5. The van der Waals surface area contributed by atoms with Gasteiger partial charge >= 0.3 is 0 Å². The van der Waals surface area contributed by atoms with E-state index in [1.807, 2.05) is 6.92 Å². The molecule has 1 aromatic rings. The largest absolute Gasteiger partial charge is 0.475 e. The summed E-state index contributed by atoms with van der Waals surface area (Å²) in [6.45, 7) is 4.89. The fourth-order valence-corrected chi connectivity index (χ4v) is 2.05. The third kappa shape index (κ3) is 6.54. The van der Waals surface area contributed by atoms with Crippen LogP contribution in [0.4, 0.5) is 5.69 Å². The summed E-state index contributed by atoms with van der Waals surface area (Å²) in [5.74, 6) is 0.337. The van der Waals surface area contributed by atoms with Gasteiger partial charge in [-0.15, -0.1) is 0 Å². The van der Waals surface area contributed by atoms with Crippen molar-refractivity contribution in [2.75, 3.05) is 32.8 Å². The molecule has 1 rings (SSSR count). The summed E-state index contributed by atoms with van der Waals surface area (Å²) in [4.78, 5) is 16.6. The molecule has 1 N–H and O–H groups in total. The minimum atomic E-state index is -0.831. The first-order valence-corrected chi connectivity index (χ1v) is 8.00. The van der Waals surface area contributed by atoms with Crippen molar-refractivity contribution in [3.8, 4) is 5.88 Å². The van der Waals surface area contributed by atoms with Crippen LogP contribution in [0.1, 0.15) is 39.5 Å². The first-order chi connectivity index (χ1) is 11.1. The van der Waals surface area contributed by atoms with Gasteiger partial charge in [-0.1, -0.05) is 26.2 Å². The van der Waals surface area contributed by atoms with Gasteiger partial charge in [-0.2, -0.15) is 0 Å². The van der Waals surface area contributed by atoms with Crippen molar-refractivity contribution in [1.29, 1.82) is 0 Å². The van der Waals surface area contributed by atoms with Crippen molar-refractivity contribution >= 4 is 11.6 Å². The number of rotatable bonds is 11. The van der Waals surface area contributed by atoms with Crippen LogP contribution < -0.4 is 10.1 Å². The van der Waals surface area contributed by atoms with Crippen molar-refractivity contribution in [3.63, 3.8) is 0 Å². The summed E-state index contributed by atoms with van der Waals surface area (Å²) >= 11 is 0. The molecule has 6 nitrogen and oxygen atoms in total. The third-order valence-corrected chi connectivity index (χ3v) is 3.72. The number of pyridine rings is 1. The summed E-state index contributed by atoms with van der Waals surface area (Å²) in [6, 6.07) is 3.47. The second-order valence-electron chi connectivity index (χ2n) is 5.57. The van der Waals surface area contributed by atoms with E-state index in [1.54, 1.807) is 32.5 Å². The quantitative estimate of drug-likeness (QED) is 0.634. The van der Waals surface area contributed by atoms with E-state index in [1.165, 1.54) is 0 Å². The highest BCUT2D eigenvalue weighted by Gasteiger charge is 2.32. The van der Waals surface area contributed by atoms with Crippen LogP contribution in [0.25, 0.3) is 0 Å². The molecule has 1 aromatic heterocycles. The highest BCUT2D eigenvalue weighted by molar-refractivity contribution is 5.96. The van der Waals surface area contributed by atoms with Crippen LogP contribution in [0, 0.1) is 0 Å². The molecule has 0 aliphatic heterocycles. The Morgan fingerprint density at radius 3 is 2.61 bits per heavy atom. The maximum atomic E-state index is 12.4. The highest BCUT2D eigenvalue weighted by atomic mass is 16.5. The number of methoxy groups -OCH3 is 2. The standard InChI is InChI=1S/C17H28N2O4/c1-5-6-7-10-17(2,22-4)16(20)19-14-8-9-15(18-13-14)23-12-11-21-3/h8-9,13H,5-7,10-12H2,1-4H3,(H,19,20)/t17-/m0/s1. The lowest BCUT2D eigenvalue weighted by Crippen LogP contribution is -2.42. The average Bonchev–Trinajstić information content (AvgIpc) is 2.56. The Morgan fingerprint density at radius 1 is 1.26 bits per heavy atom. The van der Waals surface area contributed by atoms with Crippen LogP contribution in [-0.2, 0) is 14.3 Å². The molecule has 0 aliphatic rings. The highest BCUT2D eigenvalue weighted by Crippen LogP contribution is 2.21. The molecular formula is C17H28N2O4. The molecule has 6 heteroatoms. The van der Waals surface area contributed by atoms with Crippen LogP contribution in [0.3, 0.4) is 0 Å². The Labute approximate surface area is 138 Å². The van der Waals surface area contributed by atoms with Gasteiger partial charge in [0, 0.05) is 20.3 Å². The second-order valence-corrected chi connectivity index (χ2v) is 5.57.